The molecule has 8 heteroatoms. The number of sulfonamides is 1. The highest BCUT2D eigenvalue weighted by Gasteiger charge is 2.21. The van der Waals surface area contributed by atoms with Crippen molar-refractivity contribution in [3.8, 4) is 11.5 Å². The van der Waals surface area contributed by atoms with Gasteiger partial charge in [-0.2, -0.15) is 0 Å². The number of nitrogens with one attached hydrogen (secondary N) is 1. The predicted octanol–water partition coefficient (Wildman–Crippen LogP) is 4.09. The molecule has 0 bridgehead atoms. The number of nitrogens with zero attached hydrogens (tertiary/aromatic N) is 1. The van der Waals surface area contributed by atoms with Crippen molar-refractivity contribution in [2.75, 3.05) is 30.8 Å². The lowest BCUT2D eigenvalue weighted by Gasteiger charge is -2.26. The predicted molar refractivity (Wildman–Crippen MR) is 134 cm³/mol. The third kappa shape index (κ3) is 6.51. The van der Waals surface area contributed by atoms with E-state index in [9.17, 15) is 13.2 Å². The zero-order valence-electron chi connectivity index (χ0n) is 19.9. The third-order valence-electron chi connectivity index (χ3n) is 5.33. The third-order valence-corrected chi connectivity index (χ3v) is 6.44. The monoisotopic (exact) mass is 482 g/mol. The molecule has 0 aliphatic heterocycles. The van der Waals surface area contributed by atoms with Gasteiger partial charge in [0.05, 0.1) is 32.1 Å². The second kappa shape index (κ2) is 11.1. The van der Waals surface area contributed by atoms with Crippen LogP contribution in [0.15, 0.2) is 66.7 Å². The smallest absolute Gasteiger partial charge is 0.251 e. The fraction of sp³-hybridized carbons (Fsp3) is 0.269. The van der Waals surface area contributed by atoms with Gasteiger partial charge in [0.25, 0.3) is 5.91 Å². The number of carbonyl (C=O) groups excluding carboxylic acids is 1. The molecule has 7 nitrogen and oxygen atoms in total. The zero-order valence-corrected chi connectivity index (χ0v) is 20.7. The van der Waals surface area contributed by atoms with Crippen LogP contribution in [0.3, 0.4) is 0 Å². The Morgan fingerprint density at radius 2 is 1.56 bits per heavy atom. The van der Waals surface area contributed by atoms with Crippen LogP contribution in [0.2, 0.25) is 0 Å². The van der Waals surface area contributed by atoms with Crippen molar-refractivity contribution < 1.29 is 22.7 Å². The second-order valence-corrected chi connectivity index (χ2v) is 9.90. The summed E-state index contributed by atoms with van der Waals surface area (Å²) in [6.07, 6.45) is 1.20. The number of amides is 1. The van der Waals surface area contributed by atoms with Gasteiger partial charge in [-0.1, -0.05) is 36.4 Å². The highest BCUT2D eigenvalue weighted by molar-refractivity contribution is 7.92. The van der Waals surface area contributed by atoms with E-state index >= 15 is 0 Å². The summed E-state index contributed by atoms with van der Waals surface area (Å²) in [6.45, 7) is 4.63. The molecule has 0 aliphatic rings. The minimum atomic E-state index is -3.50. The first kappa shape index (κ1) is 25.1. The van der Waals surface area contributed by atoms with E-state index in [1.54, 1.807) is 37.4 Å². The second-order valence-electron chi connectivity index (χ2n) is 7.99. The highest BCUT2D eigenvalue weighted by Crippen LogP contribution is 2.28. The average molecular weight is 483 g/mol. The average Bonchev–Trinajstić information content (AvgIpc) is 2.81. The lowest BCUT2D eigenvalue weighted by molar-refractivity contribution is 0.0947. The Morgan fingerprint density at radius 1 is 0.941 bits per heavy atom. The Hall–Kier alpha value is -3.52. The van der Waals surface area contributed by atoms with Crippen LogP contribution in [0.5, 0.6) is 11.5 Å². The lowest BCUT2D eigenvalue weighted by atomic mass is 10.1. The zero-order chi connectivity index (χ0) is 24.7. The van der Waals surface area contributed by atoms with Gasteiger partial charge < -0.3 is 14.8 Å². The maximum absolute atomic E-state index is 12.5. The first-order valence-electron chi connectivity index (χ1n) is 10.9. The number of aryl methyl sites for hydroxylation is 2. The van der Waals surface area contributed by atoms with Crippen LogP contribution in [0.25, 0.3) is 0 Å². The van der Waals surface area contributed by atoms with Crippen molar-refractivity contribution in [2.45, 2.75) is 20.4 Å². The molecule has 3 aromatic rings. The molecular weight excluding hydrogens is 452 g/mol. The van der Waals surface area contributed by atoms with Gasteiger partial charge in [0, 0.05) is 11.6 Å². The molecule has 0 saturated heterocycles. The van der Waals surface area contributed by atoms with Crippen LogP contribution in [0.1, 0.15) is 27.0 Å². The first-order chi connectivity index (χ1) is 16.2. The Kier molecular flexibility index (Phi) is 8.17. The molecule has 0 atom stereocenters. The van der Waals surface area contributed by atoms with Crippen molar-refractivity contribution in [1.82, 2.24) is 5.32 Å². The molecule has 34 heavy (non-hydrogen) atoms. The molecule has 180 valence electrons. The summed E-state index contributed by atoms with van der Waals surface area (Å²) in [4.78, 5) is 12.5. The van der Waals surface area contributed by atoms with Crippen molar-refractivity contribution >= 4 is 21.6 Å². The number of methoxy groups -OCH3 is 1. The van der Waals surface area contributed by atoms with Crippen molar-refractivity contribution in [1.29, 1.82) is 0 Å². The van der Waals surface area contributed by atoms with Gasteiger partial charge in [-0.15, -0.1) is 0 Å². The van der Waals surface area contributed by atoms with Crippen molar-refractivity contribution in [3.05, 3.63) is 89.0 Å². The SMILES string of the molecule is COc1cccc(OCCNC(=O)c2ccc(CN(c3c(C)cccc3C)S(C)(=O)=O)cc2)c1. The van der Waals surface area contributed by atoms with E-state index in [1.165, 1.54) is 10.6 Å². The summed E-state index contributed by atoms with van der Waals surface area (Å²) in [5.41, 5.74) is 3.73. The van der Waals surface area contributed by atoms with E-state index in [-0.39, 0.29) is 12.5 Å². The van der Waals surface area contributed by atoms with Gasteiger partial charge >= 0.3 is 0 Å². The van der Waals surface area contributed by atoms with Gasteiger partial charge in [-0.3, -0.25) is 9.10 Å². The van der Waals surface area contributed by atoms with Crippen LogP contribution in [-0.4, -0.2) is 40.8 Å². The summed E-state index contributed by atoms with van der Waals surface area (Å²) in [5, 5.41) is 2.82. The lowest BCUT2D eigenvalue weighted by Crippen LogP contribution is -2.31. The summed E-state index contributed by atoms with van der Waals surface area (Å²) >= 11 is 0. The number of ether oxygens (including phenoxy) is 2. The van der Waals surface area contributed by atoms with E-state index < -0.39 is 10.0 Å². The topological polar surface area (TPSA) is 84.9 Å². The number of benzene rings is 3. The molecule has 0 aromatic heterocycles. The molecule has 1 amide bonds. The number of para-hydroxylation sites is 1. The fourth-order valence-electron chi connectivity index (χ4n) is 3.62. The molecule has 3 aromatic carbocycles. The summed E-state index contributed by atoms with van der Waals surface area (Å²) in [6, 6.07) is 19.9. The Morgan fingerprint density at radius 3 is 2.18 bits per heavy atom. The molecule has 0 spiro atoms. The van der Waals surface area contributed by atoms with Crippen LogP contribution < -0.4 is 19.1 Å². The van der Waals surface area contributed by atoms with Crippen LogP contribution in [-0.2, 0) is 16.6 Å². The molecule has 0 unspecified atom stereocenters. The quantitative estimate of drug-likeness (QED) is 0.440. The summed E-state index contributed by atoms with van der Waals surface area (Å²) in [5.74, 6) is 1.14. The molecule has 0 saturated carbocycles. The molecular formula is C26H30N2O5S. The molecule has 0 aliphatic carbocycles. The van der Waals surface area contributed by atoms with E-state index in [0.29, 0.717) is 35.9 Å². The number of hydrogen-bond acceptors (Lipinski definition) is 5. The van der Waals surface area contributed by atoms with Gasteiger partial charge in [0.2, 0.25) is 10.0 Å². The fourth-order valence-corrected chi connectivity index (χ4v) is 4.62. The minimum Gasteiger partial charge on any atom is -0.497 e. The van der Waals surface area contributed by atoms with Gasteiger partial charge in [-0.05, 0) is 54.8 Å². The van der Waals surface area contributed by atoms with Crippen LogP contribution in [0, 0.1) is 13.8 Å². The number of anilines is 1. The first-order valence-corrected chi connectivity index (χ1v) is 12.7. The molecule has 0 fully saturated rings. The van der Waals surface area contributed by atoms with Crippen LogP contribution >= 0.6 is 0 Å². The van der Waals surface area contributed by atoms with E-state index in [4.69, 9.17) is 9.47 Å². The van der Waals surface area contributed by atoms with E-state index in [1.807, 2.05) is 50.2 Å². The molecule has 3 rings (SSSR count). The Balaban J connectivity index is 1.60. The van der Waals surface area contributed by atoms with Gasteiger partial charge in [0.1, 0.15) is 18.1 Å². The molecule has 0 heterocycles. The Bertz CT molecular complexity index is 1220. The van der Waals surface area contributed by atoms with Gasteiger partial charge in [0.15, 0.2) is 0 Å². The minimum absolute atomic E-state index is 0.181. The van der Waals surface area contributed by atoms with Crippen molar-refractivity contribution in [3.63, 3.8) is 0 Å². The van der Waals surface area contributed by atoms with E-state index in [0.717, 1.165) is 16.7 Å². The number of carbonyl (C=O) groups is 1. The number of hydrogen-bond donors (Lipinski definition) is 1. The molecule has 1 N–H and O–H groups in total. The summed E-state index contributed by atoms with van der Waals surface area (Å²) in [7, 11) is -1.91. The maximum atomic E-state index is 12.5. The van der Waals surface area contributed by atoms with Crippen molar-refractivity contribution in [2.24, 2.45) is 0 Å². The summed E-state index contributed by atoms with van der Waals surface area (Å²) < 4.78 is 37.3. The maximum Gasteiger partial charge on any atom is 0.251 e. The van der Waals surface area contributed by atoms with E-state index in [2.05, 4.69) is 5.32 Å². The molecule has 0 radical (unpaired) electrons. The van der Waals surface area contributed by atoms with Crippen LogP contribution in [0.4, 0.5) is 5.69 Å². The standard InChI is InChI=1S/C26H30N2O5S/c1-19-7-5-8-20(2)25(19)28(34(4,30)31)18-21-11-13-22(14-12-21)26(29)27-15-16-33-24-10-6-9-23(17-24)32-3/h5-14,17H,15-16,18H2,1-4H3,(H,27,29). The largest absolute Gasteiger partial charge is 0.497 e. The normalized spacial score (nSPS) is 11.1. The van der Waals surface area contributed by atoms with Gasteiger partial charge in [-0.25, -0.2) is 8.42 Å². The number of rotatable bonds is 10. The Labute approximate surface area is 201 Å². The highest BCUT2D eigenvalue weighted by atomic mass is 32.2.